The Balaban J connectivity index is 2.46. The van der Waals surface area contributed by atoms with Crippen LogP contribution >= 0.6 is 15.9 Å². The van der Waals surface area contributed by atoms with E-state index in [0.717, 1.165) is 5.69 Å². The van der Waals surface area contributed by atoms with Gasteiger partial charge in [-0.3, -0.25) is 0 Å². The SMILES string of the molecule is CNC(c1ccncn1)c1cccc(Br)c1F. The summed E-state index contributed by atoms with van der Waals surface area (Å²) >= 11 is 3.18. The van der Waals surface area contributed by atoms with Crippen LogP contribution < -0.4 is 5.32 Å². The van der Waals surface area contributed by atoms with Crippen molar-refractivity contribution in [3.63, 3.8) is 0 Å². The molecule has 2 aromatic rings. The summed E-state index contributed by atoms with van der Waals surface area (Å²) < 4.78 is 14.4. The lowest BCUT2D eigenvalue weighted by atomic mass is 10.0. The second kappa shape index (κ2) is 5.33. The molecule has 0 fully saturated rings. The van der Waals surface area contributed by atoms with Gasteiger partial charge in [0.05, 0.1) is 16.2 Å². The van der Waals surface area contributed by atoms with Crippen LogP contribution in [0.1, 0.15) is 17.3 Å². The average molecular weight is 296 g/mol. The zero-order valence-electron chi connectivity index (χ0n) is 9.19. The van der Waals surface area contributed by atoms with Crippen LogP contribution in [0.15, 0.2) is 41.3 Å². The topological polar surface area (TPSA) is 37.8 Å². The molecule has 0 amide bonds. The number of rotatable bonds is 3. The molecule has 5 heteroatoms. The molecule has 1 atom stereocenters. The van der Waals surface area contributed by atoms with E-state index in [4.69, 9.17) is 0 Å². The molecule has 1 aromatic heterocycles. The maximum Gasteiger partial charge on any atom is 0.142 e. The Hall–Kier alpha value is -1.33. The van der Waals surface area contributed by atoms with Crippen molar-refractivity contribution < 1.29 is 4.39 Å². The van der Waals surface area contributed by atoms with E-state index in [-0.39, 0.29) is 11.9 Å². The van der Waals surface area contributed by atoms with Crippen molar-refractivity contribution in [2.75, 3.05) is 7.05 Å². The number of aromatic nitrogens is 2. The van der Waals surface area contributed by atoms with Gasteiger partial charge in [0, 0.05) is 11.8 Å². The number of hydrogen-bond donors (Lipinski definition) is 1. The maximum absolute atomic E-state index is 14.0. The number of halogens is 2. The molecule has 3 nitrogen and oxygen atoms in total. The molecule has 2 rings (SSSR count). The molecule has 0 radical (unpaired) electrons. The quantitative estimate of drug-likeness (QED) is 0.946. The molecule has 0 aliphatic carbocycles. The highest BCUT2D eigenvalue weighted by Gasteiger charge is 2.18. The van der Waals surface area contributed by atoms with Gasteiger partial charge in [-0.25, -0.2) is 14.4 Å². The van der Waals surface area contributed by atoms with Crippen molar-refractivity contribution in [2.45, 2.75) is 6.04 Å². The lowest BCUT2D eigenvalue weighted by Gasteiger charge is -2.17. The van der Waals surface area contributed by atoms with Gasteiger partial charge in [0.15, 0.2) is 0 Å². The van der Waals surface area contributed by atoms with Crippen LogP contribution in [0.3, 0.4) is 0 Å². The summed E-state index contributed by atoms with van der Waals surface area (Å²) in [6.07, 6.45) is 3.10. The fourth-order valence-corrected chi connectivity index (χ4v) is 2.06. The van der Waals surface area contributed by atoms with Gasteiger partial charge in [0.2, 0.25) is 0 Å². The summed E-state index contributed by atoms with van der Waals surface area (Å²) in [5, 5.41) is 3.05. The van der Waals surface area contributed by atoms with Crippen LogP contribution in [-0.2, 0) is 0 Å². The second-order valence-corrected chi connectivity index (χ2v) is 4.35. The van der Waals surface area contributed by atoms with Crippen molar-refractivity contribution in [3.05, 3.63) is 58.3 Å². The third-order valence-electron chi connectivity index (χ3n) is 2.48. The molecule has 0 bridgehead atoms. The van der Waals surface area contributed by atoms with Crippen molar-refractivity contribution in [3.8, 4) is 0 Å². The van der Waals surface area contributed by atoms with E-state index in [2.05, 4.69) is 31.2 Å². The van der Waals surface area contributed by atoms with Crippen LogP contribution in [0.25, 0.3) is 0 Å². The number of hydrogen-bond acceptors (Lipinski definition) is 3. The molecule has 0 spiro atoms. The van der Waals surface area contributed by atoms with Crippen molar-refractivity contribution in [1.82, 2.24) is 15.3 Å². The Labute approximate surface area is 107 Å². The number of nitrogens with one attached hydrogen (secondary N) is 1. The summed E-state index contributed by atoms with van der Waals surface area (Å²) in [6.45, 7) is 0. The van der Waals surface area contributed by atoms with E-state index in [1.54, 1.807) is 37.5 Å². The van der Waals surface area contributed by atoms with E-state index >= 15 is 0 Å². The van der Waals surface area contributed by atoms with Gasteiger partial charge in [-0.2, -0.15) is 0 Å². The molecule has 0 aliphatic heterocycles. The van der Waals surface area contributed by atoms with Crippen LogP contribution in [0, 0.1) is 5.82 Å². The van der Waals surface area contributed by atoms with Gasteiger partial charge in [-0.15, -0.1) is 0 Å². The largest absolute Gasteiger partial charge is 0.308 e. The molecule has 0 aliphatic rings. The van der Waals surface area contributed by atoms with E-state index in [1.165, 1.54) is 6.33 Å². The molecule has 1 heterocycles. The fourth-order valence-electron chi connectivity index (χ4n) is 1.68. The van der Waals surface area contributed by atoms with Crippen LogP contribution in [0.2, 0.25) is 0 Å². The van der Waals surface area contributed by atoms with E-state index in [0.29, 0.717) is 10.0 Å². The van der Waals surface area contributed by atoms with E-state index in [1.807, 2.05) is 0 Å². The van der Waals surface area contributed by atoms with Gasteiger partial charge in [0.1, 0.15) is 12.1 Å². The summed E-state index contributed by atoms with van der Waals surface area (Å²) in [4.78, 5) is 8.00. The molecule has 0 saturated carbocycles. The standard InChI is InChI=1S/C12H11BrFN3/c1-15-12(10-5-6-16-7-17-10)8-3-2-4-9(13)11(8)14/h2-7,12,15H,1H3. The number of nitrogens with zero attached hydrogens (tertiary/aromatic N) is 2. The summed E-state index contributed by atoms with van der Waals surface area (Å²) in [5.74, 6) is -0.273. The zero-order chi connectivity index (χ0) is 12.3. The van der Waals surface area contributed by atoms with E-state index < -0.39 is 0 Å². The Kier molecular flexibility index (Phi) is 3.81. The first-order valence-corrected chi connectivity index (χ1v) is 5.90. The smallest absolute Gasteiger partial charge is 0.142 e. The highest BCUT2D eigenvalue weighted by Crippen LogP contribution is 2.26. The minimum absolute atomic E-state index is 0.273. The Bertz CT molecular complexity index is 504. The predicted octanol–water partition coefficient (Wildman–Crippen LogP) is 2.69. The Morgan fingerprint density at radius 2 is 2.18 bits per heavy atom. The molecule has 1 unspecified atom stereocenters. The van der Waals surface area contributed by atoms with Gasteiger partial charge in [-0.1, -0.05) is 12.1 Å². The van der Waals surface area contributed by atoms with Gasteiger partial charge < -0.3 is 5.32 Å². The third-order valence-corrected chi connectivity index (χ3v) is 3.09. The van der Waals surface area contributed by atoms with Gasteiger partial charge in [-0.05, 0) is 35.1 Å². The van der Waals surface area contributed by atoms with Crippen molar-refractivity contribution in [1.29, 1.82) is 0 Å². The average Bonchev–Trinajstić information content (AvgIpc) is 2.37. The van der Waals surface area contributed by atoms with Gasteiger partial charge >= 0.3 is 0 Å². The number of benzene rings is 1. The lowest BCUT2D eigenvalue weighted by molar-refractivity contribution is 0.565. The highest BCUT2D eigenvalue weighted by atomic mass is 79.9. The first kappa shape index (κ1) is 12.1. The minimum Gasteiger partial charge on any atom is -0.308 e. The fraction of sp³-hybridized carbons (Fsp3) is 0.167. The van der Waals surface area contributed by atoms with E-state index in [9.17, 15) is 4.39 Å². The highest BCUT2D eigenvalue weighted by molar-refractivity contribution is 9.10. The van der Waals surface area contributed by atoms with Crippen LogP contribution in [0.4, 0.5) is 4.39 Å². The third kappa shape index (κ3) is 2.50. The second-order valence-electron chi connectivity index (χ2n) is 3.50. The van der Waals surface area contributed by atoms with Crippen LogP contribution in [-0.4, -0.2) is 17.0 Å². The Morgan fingerprint density at radius 3 is 2.82 bits per heavy atom. The van der Waals surface area contributed by atoms with Crippen LogP contribution in [0.5, 0.6) is 0 Å². The van der Waals surface area contributed by atoms with Crippen molar-refractivity contribution in [2.24, 2.45) is 0 Å². The maximum atomic E-state index is 14.0. The molecule has 0 saturated heterocycles. The minimum atomic E-state index is -0.282. The molecule has 1 N–H and O–H groups in total. The first-order chi connectivity index (χ1) is 8.24. The molecular formula is C12H11BrFN3. The van der Waals surface area contributed by atoms with Gasteiger partial charge in [0.25, 0.3) is 0 Å². The molecule has 88 valence electrons. The Morgan fingerprint density at radius 1 is 1.35 bits per heavy atom. The summed E-state index contributed by atoms with van der Waals surface area (Å²) in [6, 6.07) is 6.69. The summed E-state index contributed by atoms with van der Waals surface area (Å²) in [7, 11) is 1.77. The molecular weight excluding hydrogens is 285 g/mol. The predicted molar refractivity (Wildman–Crippen MR) is 67.0 cm³/mol. The van der Waals surface area contributed by atoms with Crippen molar-refractivity contribution >= 4 is 15.9 Å². The molecule has 1 aromatic carbocycles. The first-order valence-electron chi connectivity index (χ1n) is 5.11. The monoisotopic (exact) mass is 295 g/mol. The zero-order valence-corrected chi connectivity index (χ0v) is 10.8. The molecule has 17 heavy (non-hydrogen) atoms. The normalized spacial score (nSPS) is 12.4. The lowest BCUT2D eigenvalue weighted by Crippen LogP contribution is -2.20. The summed E-state index contributed by atoms with van der Waals surface area (Å²) in [5.41, 5.74) is 1.29.